The molecule has 0 aromatic carbocycles. The van der Waals surface area contributed by atoms with Gasteiger partial charge in [0.2, 0.25) is 5.91 Å². The lowest BCUT2D eigenvalue weighted by Gasteiger charge is -2.51. The van der Waals surface area contributed by atoms with E-state index in [2.05, 4.69) is 5.32 Å². The zero-order valence-corrected chi connectivity index (χ0v) is 71.5. The fourth-order valence-electron chi connectivity index (χ4n) is 17.4. The molecule has 0 saturated carbocycles. The zero-order valence-electron chi connectivity index (χ0n) is 71.5. The van der Waals surface area contributed by atoms with Crippen LogP contribution in [0.15, 0.2) is 0 Å². The van der Waals surface area contributed by atoms with Crippen LogP contribution in [0.2, 0.25) is 0 Å². The molecule has 62 nitrogen and oxygen atoms in total. The van der Waals surface area contributed by atoms with Gasteiger partial charge in [0.25, 0.3) is 0 Å². The molecule has 0 aromatic rings. The predicted molar refractivity (Wildman–Crippen MR) is 407 cm³/mol. The molecule has 1 amide bonds. The fourth-order valence-corrected chi connectivity index (χ4v) is 17.4. The maximum absolute atomic E-state index is 12.8. The molecule has 12 aliphatic rings. The average Bonchev–Trinajstić information content (AvgIpc) is 0.750. The lowest BCUT2D eigenvalue weighted by atomic mass is 9.94. The largest absolute Gasteiger partial charge is 0.394 e. The third kappa shape index (κ3) is 23.7. The lowest BCUT2D eigenvalue weighted by Crippen LogP contribution is -2.69. The van der Waals surface area contributed by atoms with Gasteiger partial charge < -0.3 is 303 Å². The quantitative estimate of drug-likeness (QED) is 0.0280. The maximum atomic E-state index is 12.8. The van der Waals surface area contributed by atoms with Crippen molar-refractivity contribution >= 4 is 5.91 Å². The van der Waals surface area contributed by atoms with Gasteiger partial charge in [0.1, 0.15) is 293 Å². The van der Waals surface area contributed by atoms with Crippen LogP contribution in [0.4, 0.5) is 0 Å². The maximum Gasteiger partial charge on any atom is 0.217 e. The van der Waals surface area contributed by atoms with E-state index in [4.69, 9.17) is 109 Å². The Morgan fingerprint density at radius 2 is 0.382 bits per heavy atom. The molecule has 0 bridgehead atoms. The molecule has 62 heteroatoms. The number of hydrogen-bond donors (Lipinski definition) is 38. The van der Waals surface area contributed by atoms with E-state index in [1.165, 1.54) is 0 Å². The summed E-state index contributed by atoms with van der Waals surface area (Å²) in [5, 5.41) is 415. The molecule has 12 saturated heterocycles. The van der Waals surface area contributed by atoms with Crippen molar-refractivity contribution in [1.29, 1.82) is 0 Å². The van der Waals surface area contributed by atoms with Gasteiger partial charge in [-0.3, -0.25) is 4.79 Å². The molecule has 12 aliphatic heterocycles. The second-order valence-corrected chi connectivity index (χ2v) is 34.5. The standard InChI is InChI=1S/C74H125NO61/c1-14(85)75-27-39(97)55(23(10-84)117-63(27)113)129-71-54(112)59(38(96)26(127-71)13-116-66-51(109)58(130-67-49(107)42(100)30(88)17(4-78)120-67)37(95)25(126-66)12-115-65-48(106)41(99)29(87)16(3-77)119-65)133-74-62(46(104)34(92)24(128-74)11-114-64-47(105)40(98)28(86)15(2-76)118-64)136-73-61(45(103)33(91)20(7-81)125-73)135-70-52(110)56(35(93)21(8-82)123-70)131-69-53(111)57(36(94)22(9-83)122-69)132-72-60(44(102)32(90)19(6-80)124-72)134-68-50(108)43(101)31(89)18(5-79)121-68/h15-74,76-84,86-113H,2-13H2,1H3,(H,75,85)/t15-,16-,17-,18-,19-,20-,21-,22-,23-,24-,25-,26-,27-,28-,29-,30-,31-,32-,33-,34-,35-,36-,37-,38-,39-,40+,41+,42+,43+,44+,45+,46+,47+,48+,49+,50-,51+,52+,53-,54+,55-,56+,57+,58+,59+,60-,61+,62+,63-,64+,65+,66+,67-,68-,69-,70-,71+,72-,73-,74-/m1/s1. The number of ether oxygens (including phenoxy) is 23. The molecule has 0 radical (unpaired) electrons. The third-order valence-electron chi connectivity index (χ3n) is 25.5. The van der Waals surface area contributed by atoms with Crippen molar-refractivity contribution in [2.75, 3.05) is 79.3 Å². The Hall–Kier alpha value is -2.93. The van der Waals surface area contributed by atoms with E-state index in [1.54, 1.807) is 0 Å². The summed E-state index contributed by atoms with van der Waals surface area (Å²) in [6, 6.07) is -1.87. The summed E-state index contributed by atoms with van der Waals surface area (Å²) in [5.41, 5.74) is 0. The number of carbonyl (C=O) groups excluding carboxylic acids is 1. The van der Waals surface area contributed by atoms with Crippen LogP contribution in [0.5, 0.6) is 0 Å². The molecule has 0 aromatic heterocycles. The Labute approximate surface area is 766 Å². The summed E-state index contributed by atoms with van der Waals surface area (Å²) in [4.78, 5) is 12.5. The highest BCUT2D eigenvalue weighted by atomic mass is 16.8. The third-order valence-corrected chi connectivity index (χ3v) is 25.5. The van der Waals surface area contributed by atoms with Gasteiger partial charge in [-0.25, -0.2) is 0 Å². The first-order chi connectivity index (χ1) is 64.5. The van der Waals surface area contributed by atoms with Gasteiger partial charge >= 0.3 is 0 Å². The minimum absolute atomic E-state index is 0.921. The van der Waals surface area contributed by atoms with Crippen molar-refractivity contribution in [1.82, 2.24) is 5.32 Å². The van der Waals surface area contributed by atoms with Crippen LogP contribution in [0.25, 0.3) is 0 Å². The first-order valence-corrected chi connectivity index (χ1v) is 43.2. The highest BCUT2D eigenvalue weighted by Gasteiger charge is 2.63. The Kier molecular flexibility index (Phi) is 40.0. The van der Waals surface area contributed by atoms with E-state index in [0.717, 1.165) is 6.92 Å². The van der Waals surface area contributed by atoms with Gasteiger partial charge in [-0.15, -0.1) is 0 Å². The van der Waals surface area contributed by atoms with Crippen molar-refractivity contribution in [3.05, 3.63) is 0 Å². The molecular formula is C74H125NO61. The van der Waals surface area contributed by atoms with E-state index < -0.39 is 454 Å². The molecule has 792 valence electrons. The molecule has 136 heavy (non-hydrogen) atoms. The van der Waals surface area contributed by atoms with Crippen LogP contribution in [-0.2, 0) is 114 Å². The summed E-state index contributed by atoms with van der Waals surface area (Å²) in [7, 11) is 0. The minimum atomic E-state index is -2.71. The van der Waals surface area contributed by atoms with Gasteiger partial charge in [-0.2, -0.15) is 0 Å². The number of carbonyl (C=O) groups is 1. The average molecular weight is 2000 g/mol. The molecule has 38 N–H and O–H groups in total. The van der Waals surface area contributed by atoms with Crippen molar-refractivity contribution < 1.29 is 303 Å². The van der Waals surface area contributed by atoms with E-state index in [9.17, 15) is 194 Å². The molecule has 0 aliphatic carbocycles. The summed E-state index contributed by atoms with van der Waals surface area (Å²) >= 11 is 0. The zero-order chi connectivity index (χ0) is 99.7. The molecule has 0 spiro atoms. The van der Waals surface area contributed by atoms with Crippen LogP contribution in [0.1, 0.15) is 6.92 Å². The highest BCUT2D eigenvalue weighted by Crippen LogP contribution is 2.42. The molecule has 12 rings (SSSR count). The topological polar surface area (TPSA) is 990 Å². The molecule has 12 fully saturated rings. The fraction of sp³-hybridized carbons (Fsp3) is 0.986. The van der Waals surface area contributed by atoms with Crippen LogP contribution >= 0.6 is 0 Å². The van der Waals surface area contributed by atoms with Crippen LogP contribution in [0, 0.1) is 0 Å². The van der Waals surface area contributed by atoms with E-state index >= 15 is 0 Å². The summed E-state index contributed by atoms with van der Waals surface area (Å²) < 4.78 is 134. The lowest BCUT2D eigenvalue weighted by molar-refractivity contribution is -0.414. The van der Waals surface area contributed by atoms with E-state index in [1.807, 2.05) is 0 Å². The summed E-state index contributed by atoms with van der Waals surface area (Å²) in [5.74, 6) is -0.921. The molecule has 0 unspecified atom stereocenters. The number of hydrogen-bond acceptors (Lipinski definition) is 61. The van der Waals surface area contributed by atoms with E-state index in [-0.39, 0.29) is 0 Å². The van der Waals surface area contributed by atoms with Gasteiger partial charge in [0.15, 0.2) is 75.5 Å². The summed E-state index contributed by atoms with van der Waals surface area (Å²) in [6.07, 6.45) is -132. The minimum Gasteiger partial charge on any atom is -0.394 e. The number of amides is 1. The molecule has 12 heterocycles. The Balaban J connectivity index is 0.863. The van der Waals surface area contributed by atoms with Gasteiger partial charge in [0, 0.05) is 6.92 Å². The monoisotopic (exact) mass is 2000 g/mol. The Morgan fingerprint density at radius 1 is 0.191 bits per heavy atom. The van der Waals surface area contributed by atoms with Crippen molar-refractivity contribution in [3.8, 4) is 0 Å². The van der Waals surface area contributed by atoms with Crippen molar-refractivity contribution in [2.24, 2.45) is 0 Å². The molecule has 60 atom stereocenters. The number of rotatable bonds is 35. The van der Waals surface area contributed by atoms with E-state index in [0.29, 0.717) is 0 Å². The number of aliphatic hydroxyl groups excluding tert-OH is 37. The van der Waals surface area contributed by atoms with Gasteiger partial charge in [-0.05, 0) is 0 Å². The molecular weight excluding hydrogens is 1880 g/mol. The normalized spacial score (nSPS) is 52.8. The summed E-state index contributed by atoms with van der Waals surface area (Å²) in [6.45, 7) is -12.8. The van der Waals surface area contributed by atoms with Gasteiger partial charge in [0.05, 0.1) is 79.3 Å². The van der Waals surface area contributed by atoms with Gasteiger partial charge in [-0.1, -0.05) is 0 Å². The van der Waals surface area contributed by atoms with Crippen molar-refractivity contribution in [2.45, 2.75) is 375 Å². The number of aliphatic hydroxyl groups is 37. The number of nitrogens with one attached hydrogen (secondary N) is 1. The SMILES string of the molecule is CC(=O)N[C@@H]1[C@@H](O)[C@H](O[C@@H]2O[C@H](CO[C@H]3O[C@H](CO[C@H]4O[C@H](CO)[C@@H](O)[C@H](O)[C@@H]4O)[C@@H](O)[C@H](O[C@H]4O[C@H](CO)[C@@H](O)[C@H](O)[C@@H]4O)[C@@H]3O)[C@@H](O)[C@H](O[C@H]3O[C@H](CO[C@H]4O[C@H](CO)[C@@H](O)[C@H](O)[C@@H]4O)[C@@H](O)[C@H](O)[C@@H]3O[C@H]3O[C@H](CO)[C@@H](O)[C@H](O)[C@@H]3O[C@H]3O[C@H](CO)[C@@H](O)[C@H](O[C@H]4O[C@H](CO)[C@@H](O)[C@H](O[C@H]5O[C@H](CO)[C@@H](O)[C@H](O)[C@H]5O[C@H]5O[C@H](CO)[C@@H](O)[C@H](O)[C@H]5O)[C@H]4O)[C@@H]3O)[C@@H]2O)[C@@H](CO)O[C@H]1O. The predicted octanol–water partition coefficient (Wildman–Crippen LogP) is -27.0. The van der Waals surface area contributed by atoms with Crippen LogP contribution in [-0.4, -0.2) is 643 Å². The smallest absolute Gasteiger partial charge is 0.217 e. The van der Waals surface area contributed by atoms with Crippen LogP contribution in [0.3, 0.4) is 0 Å². The van der Waals surface area contributed by atoms with Crippen molar-refractivity contribution in [3.63, 3.8) is 0 Å². The highest BCUT2D eigenvalue weighted by molar-refractivity contribution is 5.73. The second kappa shape index (κ2) is 48.6. The van der Waals surface area contributed by atoms with Crippen LogP contribution < -0.4 is 5.32 Å². The second-order valence-electron chi connectivity index (χ2n) is 34.5. The Bertz CT molecular complexity index is 3590. The Morgan fingerprint density at radius 3 is 0.691 bits per heavy atom. The first kappa shape index (κ1) is 112. The first-order valence-electron chi connectivity index (χ1n) is 43.2.